The van der Waals surface area contributed by atoms with Crippen molar-refractivity contribution in [1.29, 1.82) is 0 Å². The Balaban J connectivity index is -0.000000958. The molecule has 312 valence electrons. The quantitative estimate of drug-likeness (QED) is 0.0526. The summed E-state index contributed by atoms with van der Waals surface area (Å²) in [7, 11) is -13.2. The third kappa shape index (κ3) is 33.3. The van der Waals surface area contributed by atoms with Gasteiger partial charge in [-0.3, -0.25) is 0 Å². The summed E-state index contributed by atoms with van der Waals surface area (Å²) in [6.07, 6.45) is 19.7. The molecule has 58 heavy (non-hydrogen) atoms. The van der Waals surface area contributed by atoms with Gasteiger partial charge >= 0.3 is 88.7 Å². The number of rotatable bonds is 25. The number of ether oxygens (including phenoxy) is 2. The van der Waals surface area contributed by atoms with Crippen LogP contribution in [0, 0.1) is 0 Å². The van der Waals surface area contributed by atoms with Crippen molar-refractivity contribution in [2.45, 2.75) is 117 Å². The first-order chi connectivity index (χ1) is 26.1. The molecule has 0 saturated carbocycles. The Morgan fingerprint density at radius 3 is 0.862 bits per heavy atom. The van der Waals surface area contributed by atoms with Crippen molar-refractivity contribution >= 4 is 62.2 Å². The first-order valence-electron chi connectivity index (χ1n) is 18.3. The van der Waals surface area contributed by atoms with E-state index in [9.17, 15) is 38.9 Å². The van der Waals surface area contributed by atoms with Gasteiger partial charge in [-0.25, -0.2) is 25.3 Å². The number of benzene rings is 3. The van der Waals surface area contributed by atoms with E-state index in [1.807, 2.05) is 0 Å². The minimum absolute atomic E-state index is 0. The molecule has 0 saturated heterocycles. The van der Waals surface area contributed by atoms with Crippen LogP contribution in [0.3, 0.4) is 0 Å². The van der Waals surface area contributed by atoms with Crippen LogP contribution in [-0.2, 0) is 30.4 Å². The van der Waals surface area contributed by atoms with Crippen molar-refractivity contribution in [2.24, 2.45) is 0 Å². The number of aromatic hydroxyl groups is 1. The molecule has 3 rings (SSSR count). The number of unbranched alkanes of at least 4 members (excludes halogenated alkanes) is 14. The first-order valence-corrected chi connectivity index (χ1v) is 24.8. The molecule has 0 aliphatic rings. The summed E-state index contributed by atoms with van der Waals surface area (Å²) in [5, 5.41) is 11.1. The van der Waals surface area contributed by atoms with Gasteiger partial charge < -0.3 is 28.2 Å². The van der Waals surface area contributed by atoms with Gasteiger partial charge in [0.05, 0.1) is 27.9 Å². The fraction of sp³-hybridized carbons (Fsp3) is 0.526. The summed E-state index contributed by atoms with van der Waals surface area (Å²) in [5.41, 5.74) is 0. The second kappa shape index (κ2) is 37.2. The van der Waals surface area contributed by atoms with Gasteiger partial charge in [-0.1, -0.05) is 109 Å². The van der Waals surface area contributed by atoms with E-state index in [4.69, 9.17) is 14.6 Å². The normalized spacial score (nSPS) is 10.9. The fourth-order valence-electron chi connectivity index (χ4n) is 4.91. The third-order valence-electron chi connectivity index (χ3n) is 7.94. The van der Waals surface area contributed by atoms with Gasteiger partial charge in [-0.2, -0.15) is 0 Å². The molecule has 0 radical (unpaired) electrons. The van der Waals surface area contributed by atoms with Gasteiger partial charge in [0, 0.05) is 10.7 Å². The van der Waals surface area contributed by atoms with Gasteiger partial charge in [0.2, 0.25) is 0 Å². The van der Waals surface area contributed by atoms with Crippen molar-refractivity contribution in [3.8, 4) is 17.2 Å². The molecule has 12 nitrogen and oxygen atoms in total. The Morgan fingerprint density at radius 1 is 0.397 bits per heavy atom. The van der Waals surface area contributed by atoms with E-state index in [0.717, 1.165) is 75.6 Å². The number of alkyl halides is 2. The van der Waals surface area contributed by atoms with Gasteiger partial charge in [0.1, 0.15) is 47.6 Å². The zero-order chi connectivity index (χ0) is 41.0. The summed E-state index contributed by atoms with van der Waals surface area (Å²) < 4.78 is 107. The van der Waals surface area contributed by atoms with E-state index < -0.39 is 30.4 Å². The van der Waals surface area contributed by atoms with E-state index in [-0.39, 0.29) is 109 Å². The molecule has 0 heterocycles. The number of phenols is 1. The Bertz CT molecular complexity index is 1680. The molecular formula is C38H53Br2Na3O12S3. The maximum Gasteiger partial charge on any atom is 1.00 e. The predicted molar refractivity (Wildman–Crippen MR) is 217 cm³/mol. The molecular weight excluding hydrogens is 973 g/mol. The summed E-state index contributed by atoms with van der Waals surface area (Å²) >= 11 is 6.90. The van der Waals surface area contributed by atoms with Gasteiger partial charge in [-0.15, -0.1) is 0 Å². The van der Waals surface area contributed by atoms with Crippen LogP contribution in [0.1, 0.15) is 103 Å². The van der Waals surface area contributed by atoms with E-state index in [2.05, 4.69) is 31.9 Å². The molecule has 0 aliphatic heterocycles. The standard InChI is InChI=1S/C22H30O8S2.C10H20Br2.C6H6O4S.3Na/c23-31(24,25)21-13-9-19(10-14-21)29-17-7-5-3-1-2-4-6-8-18-30-20-11-15-22(16-12-20)32(26,27)28;11-9-7-5-3-1-2-4-6-8-10-12;7-5-1-3-6(4-2-5)11(8,9)10;;;/h9-16H,1-8,17-18H2,(H,23,24,25)(H,26,27,28);1-10H2;1-4,7H,(H,8,9,10);;;/q;;;3*+1/p-3. The molecule has 0 unspecified atom stereocenters. The third-order valence-corrected chi connectivity index (χ3v) is 11.6. The number of phenolic OH excluding ortho intramolecular Hbond substituents is 1. The van der Waals surface area contributed by atoms with Gasteiger partial charge in [-0.05, 0) is 98.5 Å². The molecule has 0 bridgehead atoms. The summed E-state index contributed by atoms with van der Waals surface area (Å²) in [6, 6.07) is 15.3. The van der Waals surface area contributed by atoms with E-state index in [1.165, 1.54) is 111 Å². The number of halogens is 2. The topological polar surface area (TPSA) is 210 Å². The predicted octanol–water partition coefficient (Wildman–Crippen LogP) is 0.279. The van der Waals surface area contributed by atoms with Crippen molar-refractivity contribution < 1.29 is 142 Å². The molecule has 3 aromatic rings. The molecule has 0 spiro atoms. The maximum atomic E-state index is 10.9. The first kappa shape index (κ1) is 63.0. The van der Waals surface area contributed by atoms with Crippen molar-refractivity contribution in [3.63, 3.8) is 0 Å². The maximum absolute atomic E-state index is 10.9. The fourth-order valence-corrected chi connectivity index (χ4v) is 7.11. The van der Waals surface area contributed by atoms with Crippen LogP contribution in [0.5, 0.6) is 17.2 Å². The Morgan fingerprint density at radius 2 is 0.621 bits per heavy atom. The van der Waals surface area contributed by atoms with Crippen molar-refractivity contribution in [3.05, 3.63) is 72.8 Å². The van der Waals surface area contributed by atoms with E-state index in [0.29, 0.717) is 24.7 Å². The second-order valence-corrected chi connectivity index (χ2v) is 18.3. The number of hydrogen-bond acceptors (Lipinski definition) is 12. The molecule has 1 N–H and O–H groups in total. The molecule has 3 aromatic carbocycles. The summed E-state index contributed by atoms with van der Waals surface area (Å²) in [6.45, 7) is 1.09. The van der Waals surface area contributed by atoms with Crippen LogP contribution in [0.15, 0.2) is 87.5 Å². The van der Waals surface area contributed by atoms with Crippen LogP contribution >= 0.6 is 31.9 Å². The second-order valence-electron chi connectivity index (χ2n) is 12.5. The molecule has 0 amide bonds. The minimum Gasteiger partial charge on any atom is -0.744 e. The zero-order valence-corrected chi connectivity index (χ0v) is 45.6. The molecule has 0 aliphatic carbocycles. The van der Waals surface area contributed by atoms with Crippen molar-refractivity contribution in [1.82, 2.24) is 0 Å². The summed E-state index contributed by atoms with van der Waals surface area (Å²) in [4.78, 5) is -0.859. The largest absolute Gasteiger partial charge is 1.00 e. The molecule has 0 aromatic heterocycles. The summed E-state index contributed by atoms with van der Waals surface area (Å²) in [5.74, 6) is 1.02. The van der Waals surface area contributed by atoms with Crippen LogP contribution < -0.4 is 98.1 Å². The Hall–Kier alpha value is 0.750. The smallest absolute Gasteiger partial charge is 0.744 e. The van der Waals surface area contributed by atoms with Crippen LogP contribution in [0.4, 0.5) is 0 Å². The van der Waals surface area contributed by atoms with Gasteiger partial charge in [0.25, 0.3) is 0 Å². The monoisotopic (exact) mass is 1020 g/mol. The Labute approximate surface area is 430 Å². The average molecular weight is 1030 g/mol. The zero-order valence-electron chi connectivity index (χ0n) is 34.0. The van der Waals surface area contributed by atoms with Crippen LogP contribution in [0.2, 0.25) is 0 Å². The number of hydrogen-bond donors (Lipinski definition) is 1. The minimum atomic E-state index is -4.42. The Kier molecular flexibility index (Phi) is 40.4. The average Bonchev–Trinajstić information content (AvgIpc) is 3.13. The van der Waals surface area contributed by atoms with Gasteiger partial charge in [0.15, 0.2) is 0 Å². The molecule has 0 atom stereocenters. The van der Waals surface area contributed by atoms with E-state index in [1.54, 1.807) is 0 Å². The SMILES string of the molecule is BrCCCCCCCCCCBr.O=S(=O)([O-])c1ccc(O)cc1.O=S(=O)([O-])c1ccc(OCCCCCCCCCCOc2ccc(S(=O)(=O)[O-])cc2)cc1.[Na+].[Na+].[Na+]. The van der Waals surface area contributed by atoms with Crippen LogP contribution in [-0.4, -0.2) is 67.9 Å². The molecule has 20 heteroatoms. The van der Waals surface area contributed by atoms with Crippen LogP contribution in [0.25, 0.3) is 0 Å². The molecule has 0 fully saturated rings. The van der Waals surface area contributed by atoms with Crippen molar-refractivity contribution in [2.75, 3.05) is 23.9 Å². The van der Waals surface area contributed by atoms with E-state index >= 15 is 0 Å².